The van der Waals surface area contributed by atoms with Gasteiger partial charge >= 0.3 is 0 Å². The molecular formula is C30H35N3O3. The third-order valence-electron chi connectivity index (χ3n) is 6.52. The summed E-state index contributed by atoms with van der Waals surface area (Å²) >= 11 is 0. The summed E-state index contributed by atoms with van der Waals surface area (Å²) < 4.78 is 0. The summed E-state index contributed by atoms with van der Waals surface area (Å²) in [6.07, 6.45) is 0.752. The van der Waals surface area contributed by atoms with Crippen LogP contribution in [0.25, 0.3) is 10.8 Å². The number of amides is 3. The van der Waals surface area contributed by atoms with Crippen LogP contribution in [-0.4, -0.2) is 40.7 Å². The SMILES string of the molecule is Cc1cccc(CN(C(=O)CCCN2C(=O)c3cccc4cccc2c34)[C@H](C)C(=O)NC(C)(C)C)c1. The van der Waals surface area contributed by atoms with E-state index in [1.54, 1.807) is 16.7 Å². The number of carbonyl (C=O) groups excluding carboxylic acids is 3. The van der Waals surface area contributed by atoms with Crippen LogP contribution < -0.4 is 10.2 Å². The van der Waals surface area contributed by atoms with E-state index >= 15 is 0 Å². The normalized spacial score (nSPS) is 13.7. The van der Waals surface area contributed by atoms with Crippen LogP contribution in [0.2, 0.25) is 0 Å². The Labute approximate surface area is 213 Å². The van der Waals surface area contributed by atoms with E-state index in [1.807, 2.05) is 88.4 Å². The molecule has 0 aromatic heterocycles. The third kappa shape index (κ3) is 5.43. The third-order valence-corrected chi connectivity index (χ3v) is 6.52. The quantitative estimate of drug-likeness (QED) is 0.476. The van der Waals surface area contributed by atoms with Crippen LogP contribution in [0, 0.1) is 6.92 Å². The summed E-state index contributed by atoms with van der Waals surface area (Å²) in [6, 6.07) is 19.1. The molecule has 4 rings (SSSR count). The van der Waals surface area contributed by atoms with Crippen LogP contribution in [-0.2, 0) is 16.1 Å². The van der Waals surface area contributed by atoms with Gasteiger partial charge < -0.3 is 15.1 Å². The second-order valence-corrected chi connectivity index (χ2v) is 10.7. The molecule has 1 aliphatic heterocycles. The van der Waals surface area contributed by atoms with E-state index in [2.05, 4.69) is 5.32 Å². The fraction of sp³-hybridized carbons (Fsp3) is 0.367. The minimum absolute atomic E-state index is 0.0243. The highest BCUT2D eigenvalue weighted by Gasteiger charge is 2.31. The summed E-state index contributed by atoms with van der Waals surface area (Å²) in [4.78, 5) is 42.9. The van der Waals surface area contributed by atoms with Crippen LogP contribution in [0.15, 0.2) is 60.7 Å². The number of anilines is 1. The van der Waals surface area contributed by atoms with E-state index in [4.69, 9.17) is 0 Å². The van der Waals surface area contributed by atoms with Crippen molar-refractivity contribution in [2.75, 3.05) is 11.4 Å². The summed E-state index contributed by atoms with van der Waals surface area (Å²) in [5, 5.41) is 5.01. The molecular weight excluding hydrogens is 450 g/mol. The monoisotopic (exact) mass is 485 g/mol. The number of hydrogen-bond donors (Lipinski definition) is 1. The Hall–Kier alpha value is -3.67. The average Bonchev–Trinajstić information content (AvgIpc) is 3.09. The van der Waals surface area contributed by atoms with Crippen LogP contribution >= 0.6 is 0 Å². The standard InChI is InChI=1S/C30H35N3O3/c1-20-10-6-11-22(18-20)19-33(21(2)28(35)31-30(3,4)5)26(34)16-9-17-32-25-15-8-13-23-12-7-14-24(27(23)25)29(32)36/h6-8,10-15,18,21H,9,16-17,19H2,1-5H3,(H,31,35)/t21-/m1/s1. The lowest BCUT2D eigenvalue weighted by Gasteiger charge is -2.31. The first-order valence-electron chi connectivity index (χ1n) is 12.6. The molecule has 3 aromatic carbocycles. The van der Waals surface area contributed by atoms with Crippen molar-refractivity contribution in [1.29, 1.82) is 0 Å². The van der Waals surface area contributed by atoms with Gasteiger partial charge in [0.2, 0.25) is 11.8 Å². The largest absolute Gasteiger partial charge is 0.350 e. The maximum atomic E-state index is 13.5. The van der Waals surface area contributed by atoms with Crippen molar-refractivity contribution in [2.24, 2.45) is 0 Å². The molecule has 0 aliphatic carbocycles. The minimum Gasteiger partial charge on any atom is -0.350 e. The Morgan fingerprint density at radius 1 is 1.03 bits per heavy atom. The smallest absolute Gasteiger partial charge is 0.258 e. The topological polar surface area (TPSA) is 69.7 Å². The number of hydrogen-bond acceptors (Lipinski definition) is 3. The van der Waals surface area contributed by atoms with Crippen LogP contribution in [0.1, 0.15) is 62.0 Å². The summed E-state index contributed by atoms with van der Waals surface area (Å²) in [7, 11) is 0. The molecule has 0 unspecified atom stereocenters. The van der Waals surface area contributed by atoms with Crippen molar-refractivity contribution in [2.45, 2.75) is 65.6 Å². The first-order chi connectivity index (χ1) is 17.0. The molecule has 1 N–H and O–H groups in total. The number of carbonyl (C=O) groups is 3. The zero-order chi connectivity index (χ0) is 26.0. The molecule has 188 valence electrons. The molecule has 6 nitrogen and oxygen atoms in total. The lowest BCUT2D eigenvalue weighted by atomic mass is 10.1. The van der Waals surface area contributed by atoms with Crippen molar-refractivity contribution in [3.05, 3.63) is 77.4 Å². The van der Waals surface area contributed by atoms with Gasteiger partial charge in [0.1, 0.15) is 6.04 Å². The van der Waals surface area contributed by atoms with Crippen LogP contribution in [0.5, 0.6) is 0 Å². The Balaban J connectivity index is 1.47. The summed E-state index contributed by atoms with van der Waals surface area (Å²) in [5.74, 6) is -0.306. The molecule has 0 saturated heterocycles. The highest BCUT2D eigenvalue weighted by molar-refractivity contribution is 6.25. The molecule has 0 bridgehead atoms. The predicted molar refractivity (Wildman–Crippen MR) is 144 cm³/mol. The van der Waals surface area contributed by atoms with Crippen molar-refractivity contribution in [1.82, 2.24) is 10.2 Å². The van der Waals surface area contributed by atoms with Crippen molar-refractivity contribution in [3.8, 4) is 0 Å². The zero-order valence-electron chi connectivity index (χ0n) is 21.8. The van der Waals surface area contributed by atoms with Gasteiger partial charge in [-0.05, 0) is 64.1 Å². The number of aryl methyl sites for hydroxylation is 1. The Kier molecular flexibility index (Phi) is 7.16. The molecule has 0 spiro atoms. The molecule has 0 fully saturated rings. The summed E-state index contributed by atoms with van der Waals surface area (Å²) in [5.41, 5.74) is 3.30. The van der Waals surface area contributed by atoms with Crippen LogP contribution in [0.3, 0.4) is 0 Å². The number of benzene rings is 3. The molecule has 1 atom stereocenters. The van der Waals surface area contributed by atoms with Gasteiger partial charge in [0.05, 0.1) is 5.69 Å². The molecule has 3 amide bonds. The van der Waals surface area contributed by atoms with E-state index in [0.717, 1.165) is 27.6 Å². The highest BCUT2D eigenvalue weighted by Crippen LogP contribution is 2.37. The molecule has 0 radical (unpaired) electrons. The van der Waals surface area contributed by atoms with Gasteiger partial charge in [-0.3, -0.25) is 14.4 Å². The van der Waals surface area contributed by atoms with E-state index < -0.39 is 11.6 Å². The van der Waals surface area contributed by atoms with Crippen molar-refractivity contribution >= 4 is 34.2 Å². The van der Waals surface area contributed by atoms with Gasteiger partial charge in [-0.25, -0.2) is 0 Å². The predicted octanol–water partition coefficient (Wildman–Crippen LogP) is 5.22. The lowest BCUT2D eigenvalue weighted by molar-refractivity contribution is -0.141. The summed E-state index contributed by atoms with van der Waals surface area (Å²) in [6.45, 7) is 10.4. The van der Waals surface area contributed by atoms with Gasteiger partial charge in [0.15, 0.2) is 0 Å². The van der Waals surface area contributed by atoms with E-state index in [1.165, 1.54) is 0 Å². The molecule has 3 aromatic rings. The first kappa shape index (κ1) is 25.4. The molecule has 6 heteroatoms. The molecule has 1 heterocycles. The molecule has 36 heavy (non-hydrogen) atoms. The Morgan fingerprint density at radius 2 is 1.72 bits per heavy atom. The van der Waals surface area contributed by atoms with Gasteiger partial charge in [-0.2, -0.15) is 0 Å². The molecule has 0 saturated carbocycles. The van der Waals surface area contributed by atoms with Gasteiger partial charge in [-0.15, -0.1) is 0 Å². The second-order valence-electron chi connectivity index (χ2n) is 10.7. The fourth-order valence-electron chi connectivity index (χ4n) is 4.80. The van der Waals surface area contributed by atoms with Gasteiger partial charge in [-0.1, -0.05) is 54.1 Å². The second kappa shape index (κ2) is 10.1. The van der Waals surface area contributed by atoms with E-state index in [-0.39, 0.29) is 24.1 Å². The maximum absolute atomic E-state index is 13.5. The maximum Gasteiger partial charge on any atom is 0.258 e. The minimum atomic E-state index is -0.622. The molecule has 1 aliphatic rings. The fourth-order valence-corrected chi connectivity index (χ4v) is 4.80. The average molecular weight is 486 g/mol. The zero-order valence-corrected chi connectivity index (χ0v) is 21.8. The number of nitrogens with zero attached hydrogens (tertiary/aromatic N) is 2. The number of rotatable bonds is 8. The Morgan fingerprint density at radius 3 is 2.42 bits per heavy atom. The Bertz CT molecular complexity index is 1300. The lowest BCUT2D eigenvalue weighted by Crippen LogP contribution is -2.52. The van der Waals surface area contributed by atoms with Gasteiger partial charge in [0.25, 0.3) is 5.91 Å². The number of nitrogens with one attached hydrogen (secondary N) is 1. The first-order valence-corrected chi connectivity index (χ1v) is 12.6. The van der Waals surface area contributed by atoms with E-state index in [0.29, 0.717) is 25.1 Å². The van der Waals surface area contributed by atoms with Crippen molar-refractivity contribution in [3.63, 3.8) is 0 Å². The highest BCUT2D eigenvalue weighted by atomic mass is 16.2. The van der Waals surface area contributed by atoms with Gasteiger partial charge in [0, 0.05) is 36.0 Å². The van der Waals surface area contributed by atoms with E-state index in [9.17, 15) is 14.4 Å². The van der Waals surface area contributed by atoms with Crippen molar-refractivity contribution < 1.29 is 14.4 Å². The van der Waals surface area contributed by atoms with Crippen LogP contribution in [0.4, 0.5) is 5.69 Å².